The zero-order chi connectivity index (χ0) is 18.7. The van der Waals surface area contributed by atoms with Crippen molar-refractivity contribution >= 4 is 17.2 Å². The highest BCUT2D eigenvalue weighted by Crippen LogP contribution is 2.26. The Bertz CT molecular complexity index is 959. The summed E-state index contributed by atoms with van der Waals surface area (Å²) in [5, 5.41) is 18.6. The topological polar surface area (TPSA) is 108 Å². The van der Waals surface area contributed by atoms with Crippen LogP contribution in [0.5, 0.6) is 0 Å². The monoisotopic (exact) mass is 354 g/mol. The Hall–Kier alpha value is -3.49. The fourth-order valence-corrected chi connectivity index (χ4v) is 2.58. The van der Waals surface area contributed by atoms with Gasteiger partial charge in [0.25, 0.3) is 5.69 Å². The molecule has 0 unspecified atom stereocenters. The lowest BCUT2D eigenvalue weighted by Crippen LogP contribution is -2.13. The number of anilines is 1. The molecule has 0 atom stereocenters. The lowest BCUT2D eigenvalue weighted by atomic mass is 10.1. The number of aromatic nitrogens is 4. The fraction of sp³-hybridized carbons (Fsp3) is 0.235. The molecule has 0 aliphatic rings. The first-order chi connectivity index (χ1) is 12.5. The van der Waals surface area contributed by atoms with Gasteiger partial charge >= 0.3 is 0 Å². The summed E-state index contributed by atoms with van der Waals surface area (Å²) in [6.07, 6.45) is 6.80. The summed E-state index contributed by atoms with van der Waals surface area (Å²) in [6.45, 7) is 2.98. The number of rotatable bonds is 7. The summed E-state index contributed by atoms with van der Waals surface area (Å²) in [5.74, 6) is -0.131. The van der Waals surface area contributed by atoms with Crippen molar-refractivity contribution in [2.45, 2.75) is 13.5 Å². The highest BCUT2D eigenvalue weighted by atomic mass is 16.6. The van der Waals surface area contributed by atoms with E-state index in [1.165, 1.54) is 12.3 Å². The standard InChI is InChI=1S/C17H18N6O3/c1-12-10-20-22(11-12)8-6-18-14-4-3-13(9-15(14)23(25)26)16(24)17-19-5-7-21(17)2/h3-5,7,9-11,18H,6,8H2,1-2H3. The molecule has 0 saturated heterocycles. The molecule has 0 bridgehead atoms. The quantitative estimate of drug-likeness (QED) is 0.396. The molecule has 1 aromatic carbocycles. The molecule has 134 valence electrons. The number of carbonyl (C=O) groups is 1. The number of aryl methyl sites for hydroxylation is 2. The third kappa shape index (κ3) is 3.61. The Balaban J connectivity index is 1.77. The van der Waals surface area contributed by atoms with Gasteiger partial charge in [-0.25, -0.2) is 4.98 Å². The summed E-state index contributed by atoms with van der Waals surface area (Å²) < 4.78 is 3.33. The van der Waals surface area contributed by atoms with Gasteiger partial charge in [0, 0.05) is 43.8 Å². The number of benzene rings is 1. The average Bonchev–Trinajstić information content (AvgIpc) is 3.22. The summed E-state index contributed by atoms with van der Waals surface area (Å²) in [7, 11) is 1.70. The summed E-state index contributed by atoms with van der Waals surface area (Å²) in [4.78, 5) is 27.4. The normalized spacial score (nSPS) is 10.7. The predicted molar refractivity (Wildman–Crippen MR) is 95.2 cm³/mol. The number of nitrogens with one attached hydrogen (secondary N) is 1. The second-order valence-corrected chi connectivity index (χ2v) is 5.89. The van der Waals surface area contributed by atoms with Gasteiger partial charge in [0.1, 0.15) is 5.69 Å². The van der Waals surface area contributed by atoms with Gasteiger partial charge in [-0.05, 0) is 24.6 Å². The Labute approximate surface area is 149 Å². The minimum atomic E-state index is -0.504. The van der Waals surface area contributed by atoms with Crippen LogP contribution in [0.3, 0.4) is 0 Å². The highest BCUT2D eigenvalue weighted by molar-refractivity contribution is 6.07. The third-order valence-electron chi connectivity index (χ3n) is 3.90. The van der Waals surface area contributed by atoms with Crippen molar-refractivity contribution in [2.75, 3.05) is 11.9 Å². The van der Waals surface area contributed by atoms with Gasteiger partial charge in [0.15, 0.2) is 5.82 Å². The molecule has 2 heterocycles. The molecule has 0 radical (unpaired) electrons. The van der Waals surface area contributed by atoms with Crippen molar-refractivity contribution in [3.05, 3.63) is 70.1 Å². The Morgan fingerprint density at radius 3 is 2.81 bits per heavy atom. The molecule has 0 fully saturated rings. The van der Waals surface area contributed by atoms with E-state index in [4.69, 9.17) is 0 Å². The largest absolute Gasteiger partial charge is 0.378 e. The van der Waals surface area contributed by atoms with E-state index in [0.717, 1.165) is 5.56 Å². The predicted octanol–water partition coefficient (Wildman–Crippen LogP) is 2.18. The van der Waals surface area contributed by atoms with Crippen LogP contribution >= 0.6 is 0 Å². The van der Waals surface area contributed by atoms with Gasteiger partial charge in [0.05, 0.1) is 17.7 Å². The molecule has 0 aliphatic carbocycles. The van der Waals surface area contributed by atoms with E-state index in [1.807, 2.05) is 13.1 Å². The Kier molecular flexibility index (Phi) is 4.78. The molecule has 0 saturated carbocycles. The number of nitrogens with zero attached hydrogens (tertiary/aromatic N) is 5. The van der Waals surface area contributed by atoms with E-state index in [2.05, 4.69) is 15.4 Å². The van der Waals surface area contributed by atoms with Crippen molar-refractivity contribution in [1.29, 1.82) is 0 Å². The summed E-state index contributed by atoms with van der Waals surface area (Å²) in [6, 6.07) is 4.38. The zero-order valence-electron chi connectivity index (χ0n) is 14.4. The minimum Gasteiger partial charge on any atom is -0.378 e. The number of imidazole rings is 1. The van der Waals surface area contributed by atoms with Crippen LogP contribution in [0.15, 0.2) is 43.0 Å². The molecule has 9 nitrogen and oxygen atoms in total. The van der Waals surface area contributed by atoms with Crippen LogP contribution in [-0.4, -0.2) is 36.6 Å². The fourth-order valence-electron chi connectivity index (χ4n) is 2.58. The summed E-state index contributed by atoms with van der Waals surface area (Å²) >= 11 is 0. The van der Waals surface area contributed by atoms with E-state index in [1.54, 1.807) is 40.8 Å². The number of nitro groups is 1. The van der Waals surface area contributed by atoms with E-state index < -0.39 is 4.92 Å². The van der Waals surface area contributed by atoms with Gasteiger partial charge in [-0.3, -0.25) is 19.6 Å². The number of nitro benzene ring substituents is 1. The molecule has 1 N–H and O–H groups in total. The van der Waals surface area contributed by atoms with Crippen LogP contribution in [0.2, 0.25) is 0 Å². The first-order valence-corrected chi connectivity index (χ1v) is 7.99. The molecule has 3 rings (SSSR count). The van der Waals surface area contributed by atoms with Crippen LogP contribution in [0.1, 0.15) is 21.7 Å². The second kappa shape index (κ2) is 7.18. The van der Waals surface area contributed by atoms with Crippen molar-refractivity contribution < 1.29 is 9.72 Å². The van der Waals surface area contributed by atoms with Crippen LogP contribution in [0, 0.1) is 17.0 Å². The molecule has 0 amide bonds. The molecular weight excluding hydrogens is 336 g/mol. The number of hydrogen-bond acceptors (Lipinski definition) is 6. The van der Waals surface area contributed by atoms with E-state index >= 15 is 0 Å². The smallest absolute Gasteiger partial charge is 0.293 e. The van der Waals surface area contributed by atoms with E-state index in [-0.39, 0.29) is 22.9 Å². The van der Waals surface area contributed by atoms with Gasteiger partial charge in [-0.2, -0.15) is 5.10 Å². The van der Waals surface area contributed by atoms with Crippen molar-refractivity contribution in [2.24, 2.45) is 7.05 Å². The maximum atomic E-state index is 12.5. The summed E-state index contributed by atoms with van der Waals surface area (Å²) in [5.41, 5.74) is 1.48. The van der Waals surface area contributed by atoms with Gasteiger partial charge < -0.3 is 9.88 Å². The molecule has 3 aromatic rings. The third-order valence-corrected chi connectivity index (χ3v) is 3.90. The zero-order valence-corrected chi connectivity index (χ0v) is 14.4. The lowest BCUT2D eigenvalue weighted by molar-refractivity contribution is -0.384. The molecular formula is C17H18N6O3. The van der Waals surface area contributed by atoms with E-state index in [9.17, 15) is 14.9 Å². The molecule has 0 spiro atoms. The average molecular weight is 354 g/mol. The number of hydrogen-bond donors (Lipinski definition) is 1. The van der Waals surface area contributed by atoms with E-state index in [0.29, 0.717) is 18.8 Å². The molecule has 0 aliphatic heterocycles. The SMILES string of the molecule is Cc1cnn(CCNc2ccc(C(=O)c3nccn3C)cc2[N+](=O)[O-])c1. The first kappa shape index (κ1) is 17.3. The molecule has 2 aromatic heterocycles. The van der Waals surface area contributed by atoms with Gasteiger partial charge in [-0.1, -0.05) is 0 Å². The van der Waals surface area contributed by atoms with Crippen LogP contribution < -0.4 is 5.32 Å². The van der Waals surface area contributed by atoms with Crippen LogP contribution in [0.4, 0.5) is 11.4 Å². The minimum absolute atomic E-state index is 0.151. The van der Waals surface area contributed by atoms with Crippen molar-refractivity contribution in [3.63, 3.8) is 0 Å². The second-order valence-electron chi connectivity index (χ2n) is 5.89. The van der Waals surface area contributed by atoms with Gasteiger partial charge in [-0.15, -0.1) is 0 Å². The molecule has 9 heteroatoms. The van der Waals surface area contributed by atoms with Crippen LogP contribution in [-0.2, 0) is 13.6 Å². The van der Waals surface area contributed by atoms with Gasteiger partial charge in [0.2, 0.25) is 5.78 Å². The Morgan fingerprint density at radius 2 is 2.19 bits per heavy atom. The Morgan fingerprint density at radius 1 is 1.38 bits per heavy atom. The van der Waals surface area contributed by atoms with Crippen molar-refractivity contribution in [3.8, 4) is 0 Å². The maximum Gasteiger partial charge on any atom is 0.293 e. The maximum absolute atomic E-state index is 12.5. The highest BCUT2D eigenvalue weighted by Gasteiger charge is 2.20. The molecule has 26 heavy (non-hydrogen) atoms. The lowest BCUT2D eigenvalue weighted by Gasteiger charge is -2.09. The first-order valence-electron chi connectivity index (χ1n) is 7.99. The van der Waals surface area contributed by atoms with Crippen LogP contribution in [0.25, 0.3) is 0 Å². The van der Waals surface area contributed by atoms with Crippen molar-refractivity contribution in [1.82, 2.24) is 19.3 Å². The number of ketones is 1. The number of carbonyl (C=O) groups excluding carboxylic acids is 1.